The van der Waals surface area contributed by atoms with Gasteiger partial charge in [0.1, 0.15) is 0 Å². The Kier molecular flexibility index (Phi) is 6.69. The molecule has 3 N–H and O–H groups in total. The second kappa shape index (κ2) is 8.06. The van der Waals surface area contributed by atoms with Crippen LogP contribution in [0.3, 0.4) is 0 Å². The van der Waals surface area contributed by atoms with Crippen molar-refractivity contribution in [1.82, 2.24) is 10.2 Å². The quantitative estimate of drug-likeness (QED) is 0.788. The summed E-state index contributed by atoms with van der Waals surface area (Å²) >= 11 is 0. The zero-order chi connectivity index (χ0) is 17.6. The molecular formula is C17H30N4O2. The number of nitrogen functional groups attached to an aromatic ring is 1. The van der Waals surface area contributed by atoms with E-state index >= 15 is 0 Å². The van der Waals surface area contributed by atoms with Gasteiger partial charge < -0.3 is 25.6 Å². The smallest absolute Gasteiger partial charge is 0.318 e. The van der Waals surface area contributed by atoms with Gasteiger partial charge in [-0.05, 0) is 44.5 Å². The number of methoxy groups -OCH3 is 1. The Hall–Kier alpha value is -1.95. The van der Waals surface area contributed by atoms with Gasteiger partial charge in [-0.2, -0.15) is 0 Å². The van der Waals surface area contributed by atoms with Crippen molar-refractivity contribution < 1.29 is 9.53 Å². The van der Waals surface area contributed by atoms with E-state index in [9.17, 15) is 4.79 Å². The maximum Gasteiger partial charge on any atom is 0.318 e. The van der Waals surface area contributed by atoms with E-state index < -0.39 is 0 Å². The molecule has 0 atom stereocenters. The lowest BCUT2D eigenvalue weighted by atomic mass is 10.1. The maximum absolute atomic E-state index is 12.5. The number of hydrogen-bond donors (Lipinski definition) is 2. The summed E-state index contributed by atoms with van der Waals surface area (Å²) in [5.74, 6) is 0. The molecule has 0 aromatic heterocycles. The highest BCUT2D eigenvalue weighted by Crippen LogP contribution is 2.23. The molecule has 0 radical (unpaired) electrons. The van der Waals surface area contributed by atoms with Gasteiger partial charge in [0.05, 0.1) is 6.61 Å². The monoisotopic (exact) mass is 322 g/mol. The third-order valence-corrected chi connectivity index (χ3v) is 3.28. The van der Waals surface area contributed by atoms with Crippen LogP contribution < -0.4 is 16.0 Å². The van der Waals surface area contributed by atoms with Crippen molar-refractivity contribution in [2.75, 3.05) is 45.0 Å². The second-order valence-corrected chi connectivity index (χ2v) is 6.88. The van der Waals surface area contributed by atoms with Gasteiger partial charge >= 0.3 is 6.03 Å². The predicted molar refractivity (Wildman–Crippen MR) is 95.8 cm³/mol. The highest BCUT2D eigenvalue weighted by atomic mass is 16.5. The van der Waals surface area contributed by atoms with E-state index in [0.29, 0.717) is 25.4 Å². The molecule has 0 saturated heterocycles. The first kappa shape index (κ1) is 19.1. The van der Waals surface area contributed by atoms with Crippen LogP contribution in [-0.4, -0.2) is 50.8 Å². The fourth-order valence-electron chi connectivity index (χ4n) is 2.23. The van der Waals surface area contributed by atoms with Crippen LogP contribution in [0.1, 0.15) is 26.3 Å². The van der Waals surface area contributed by atoms with E-state index in [-0.39, 0.29) is 11.6 Å². The van der Waals surface area contributed by atoms with Gasteiger partial charge in [-0.3, -0.25) is 0 Å². The van der Waals surface area contributed by atoms with Crippen molar-refractivity contribution in [2.45, 2.75) is 32.9 Å². The van der Waals surface area contributed by atoms with Gasteiger partial charge in [-0.15, -0.1) is 0 Å². The molecular weight excluding hydrogens is 292 g/mol. The Balaban J connectivity index is 3.01. The van der Waals surface area contributed by atoms with Crippen LogP contribution in [0.15, 0.2) is 18.2 Å². The van der Waals surface area contributed by atoms with E-state index in [0.717, 1.165) is 11.3 Å². The molecule has 0 aliphatic heterocycles. The number of rotatable bonds is 6. The fraction of sp³-hybridized carbons (Fsp3) is 0.588. The second-order valence-electron chi connectivity index (χ2n) is 6.88. The van der Waals surface area contributed by atoms with Crippen molar-refractivity contribution in [1.29, 1.82) is 0 Å². The molecule has 0 heterocycles. The summed E-state index contributed by atoms with van der Waals surface area (Å²) in [6, 6.07) is 5.65. The minimum Gasteiger partial charge on any atom is -0.399 e. The first-order chi connectivity index (χ1) is 10.6. The number of carbonyl (C=O) groups is 1. The van der Waals surface area contributed by atoms with Crippen LogP contribution in [0, 0.1) is 0 Å². The van der Waals surface area contributed by atoms with Crippen LogP contribution in [0.2, 0.25) is 0 Å². The number of hydrogen-bond acceptors (Lipinski definition) is 4. The molecule has 0 saturated carbocycles. The summed E-state index contributed by atoms with van der Waals surface area (Å²) in [7, 11) is 5.58. The number of carbonyl (C=O) groups excluding carboxylic acids is 1. The largest absolute Gasteiger partial charge is 0.399 e. The van der Waals surface area contributed by atoms with Gasteiger partial charge in [0.2, 0.25) is 0 Å². The molecule has 6 heteroatoms. The highest BCUT2D eigenvalue weighted by Gasteiger charge is 2.21. The minimum atomic E-state index is -0.289. The Morgan fingerprint density at radius 2 is 1.96 bits per heavy atom. The van der Waals surface area contributed by atoms with Gasteiger partial charge in [0.15, 0.2) is 0 Å². The Bertz CT molecular complexity index is 524. The standard InChI is InChI=1S/C17H30N4O2/c1-17(2,3)19-16(22)21(9-10-23-6)12-13-11-14(18)7-8-15(13)20(4)5/h7-8,11H,9-10,12,18H2,1-6H3,(H,19,22). The van der Waals surface area contributed by atoms with Crippen LogP contribution >= 0.6 is 0 Å². The molecule has 1 aromatic carbocycles. The fourth-order valence-corrected chi connectivity index (χ4v) is 2.23. The SMILES string of the molecule is COCCN(Cc1cc(N)ccc1N(C)C)C(=O)NC(C)(C)C. The zero-order valence-electron chi connectivity index (χ0n) is 15.1. The molecule has 0 fully saturated rings. The van der Waals surface area contributed by atoms with E-state index in [1.165, 1.54) is 0 Å². The van der Waals surface area contributed by atoms with Gasteiger partial charge in [0, 0.05) is 51.2 Å². The van der Waals surface area contributed by atoms with E-state index in [1.54, 1.807) is 12.0 Å². The minimum absolute atomic E-state index is 0.110. The van der Waals surface area contributed by atoms with Crippen LogP contribution in [0.5, 0.6) is 0 Å². The summed E-state index contributed by atoms with van der Waals surface area (Å²) in [6.07, 6.45) is 0. The third kappa shape index (κ3) is 6.36. The number of urea groups is 1. The Labute approximate surface area is 139 Å². The third-order valence-electron chi connectivity index (χ3n) is 3.28. The number of benzene rings is 1. The first-order valence-electron chi connectivity index (χ1n) is 7.76. The zero-order valence-corrected chi connectivity index (χ0v) is 15.1. The highest BCUT2D eigenvalue weighted by molar-refractivity contribution is 5.75. The molecule has 23 heavy (non-hydrogen) atoms. The normalized spacial score (nSPS) is 11.2. The summed E-state index contributed by atoms with van der Waals surface area (Å²) in [6.45, 7) is 7.36. The summed E-state index contributed by atoms with van der Waals surface area (Å²) in [5.41, 5.74) is 8.37. The number of amides is 2. The maximum atomic E-state index is 12.5. The van der Waals surface area contributed by atoms with Gasteiger partial charge in [0.25, 0.3) is 0 Å². The van der Waals surface area contributed by atoms with Gasteiger partial charge in [-0.1, -0.05) is 0 Å². The lowest BCUT2D eigenvalue weighted by Crippen LogP contribution is -2.49. The number of ether oxygens (including phenoxy) is 1. The van der Waals surface area contributed by atoms with Crippen molar-refractivity contribution in [3.05, 3.63) is 23.8 Å². The summed E-state index contributed by atoms with van der Waals surface area (Å²) in [4.78, 5) is 16.3. The summed E-state index contributed by atoms with van der Waals surface area (Å²) in [5, 5.41) is 3.00. The van der Waals surface area contributed by atoms with Crippen LogP contribution in [0.4, 0.5) is 16.2 Å². The van der Waals surface area contributed by atoms with Crippen LogP contribution in [0.25, 0.3) is 0 Å². The molecule has 0 bridgehead atoms. The van der Waals surface area contributed by atoms with E-state index in [2.05, 4.69) is 5.32 Å². The Morgan fingerprint density at radius 3 is 2.48 bits per heavy atom. The van der Waals surface area contributed by atoms with Gasteiger partial charge in [-0.25, -0.2) is 4.79 Å². The van der Waals surface area contributed by atoms with Crippen molar-refractivity contribution in [2.24, 2.45) is 0 Å². The molecule has 0 aliphatic carbocycles. The molecule has 1 aromatic rings. The first-order valence-corrected chi connectivity index (χ1v) is 7.76. The molecule has 2 amide bonds. The average Bonchev–Trinajstić information content (AvgIpc) is 2.41. The summed E-state index contributed by atoms with van der Waals surface area (Å²) < 4.78 is 5.13. The number of anilines is 2. The molecule has 1 rings (SSSR count). The Morgan fingerprint density at radius 1 is 1.30 bits per heavy atom. The van der Waals surface area contributed by atoms with Crippen molar-refractivity contribution in [3.63, 3.8) is 0 Å². The van der Waals surface area contributed by atoms with Crippen LogP contribution in [-0.2, 0) is 11.3 Å². The number of nitrogens with two attached hydrogens (primary N) is 1. The van der Waals surface area contributed by atoms with Crippen molar-refractivity contribution >= 4 is 17.4 Å². The van der Waals surface area contributed by atoms with E-state index in [4.69, 9.17) is 10.5 Å². The number of nitrogens with one attached hydrogen (secondary N) is 1. The topological polar surface area (TPSA) is 70.8 Å². The molecule has 130 valence electrons. The average molecular weight is 322 g/mol. The van der Waals surface area contributed by atoms with Crippen molar-refractivity contribution in [3.8, 4) is 0 Å². The molecule has 6 nitrogen and oxygen atoms in total. The lowest BCUT2D eigenvalue weighted by molar-refractivity contribution is 0.142. The lowest BCUT2D eigenvalue weighted by Gasteiger charge is -2.29. The molecule has 0 spiro atoms. The predicted octanol–water partition coefficient (Wildman–Crippen LogP) is 2.29. The number of nitrogens with zero attached hydrogens (tertiary/aromatic N) is 2. The molecule has 0 aliphatic rings. The molecule has 0 unspecified atom stereocenters. The van der Waals surface area contributed by atoms with E-state index in [1.807, 2.05) is 58.0 Å².